The van der Waals surface area contributed by atoms with Crippen molar-refractivity contribution in [1.82, 2.24) is 0 Å². The van der Waals surface area contributed by atoms with E-state index in [9.17, 15) is 19.0 Å². The summed E-state index contributed by atoms with van der Waals surface area (Å²) in [6, 6.07) is 0. The topological polar surface area (TPSA) is 121 Å². The number of phosphoric acid groups is 1. The first kappa shape index (κ1) is 55.6. The van der Waals surface area contributed by atoms with Crippen LogP contribution >= 0.6 is 7.82 Å². The number of carbonyl (C=O) groups is 2. The third-order valence-corrected chi connectivity index (χ3v) is 10.2. The normalized spacial score (nSPS) is 17.9. The van der Waals surface area contributed by atoms with E-state index in [-0.39, 0.29) is 26.1 Å². The van der Waals surface area contributed by atoms with Gasteiger partial charge in [-0.15, -0.1) is 0 Å². The van der Waals surface area contributed by atoms with Crippen LogP contribution in [0.4, 0.5) is 0 Å². The molecule has 1 fully saturated rings. The largest absolute Gasteiger partial charge is 0.472 e. The highest BCUT2D eigenvalue weighted by Crippen LogP contribution is 2.43. The number of likely N-dealkylation sites (N-methyl/N-ethyl adjacent to an activating group) is 1. The molecule has 0 aromatic carbocycles. The van der Waals surface area contributed by atoms with Crippen molar-refractivity contribution in [2.75, 3.05) is 47.5 Å². The van der Waals surface area contributed by atoms with Crippen LogP contribution in [0.1, 0.15) is 129 Å². The molecule has 3 unspecified atom stereocenters. The van der Waals surface area contributed by atoms with E-state index in [1.54, 1.807) is 0 Å². The summed E-state index contributed by atoms with van der Waals surface area (Å²) in [6.45, 7) is 4.08. The van der Waals surface area contributed by atoms with Gasteiger partial charge in [0, 0.05) is 12.8 Å². The fraction of sp³-hybridized carbons (Fsp3) is 0.600. The number of nitrogens with zero attached hydrogens (tertiary/aromatic N) is 1. The van der Waals surface area contributed by atoms with Gasteiger partial charge in [0.25, 0.3) is 0 Å². The van der Waals surface area contributed by atoms with E-state index in [2.05, 4.69) is 105 Å². The monoisotopic (exact) mass is 871 g/mol. The van der Waals surface area contributed by atoms with Gasteiger partial charge in [0.1, 0.15) is 19.8 Å². The van der Waals surface area contributed by atoms with Gasteiger partial charge in [-0.1, -0.05) is 136 Å². The van der Waals surface area contributed by atoms with Crippen LogP contribution in [0.3, 0.4) is 0 Å². The van der Waals surface area contributed by atoms with Gasteiger partial charge in [0.2, 0.25) is 0 Å². The number of phosphoric ester groups is 1. The Hall–Kier alpha value is -3.37. The smallest absolute Gasteiger partial charge is 0.462 e. The summed E-state index contributed by atoms with van der Waals surface area (Å²) in [6.07, 6.45) is 53.3. The van der Waals surface area contributed by atoms with E-state index in [1.165, 1.54) is 19.3 Å². The maximum Gasteiger partial charge on any atom is 0.472 e. The molecule has 0 amide bonds. The van der Waals surface area contributed by atoms with Crippen LogP contribution in [-0.2, 0) is 37.4 Å². The summed E-state index contributed by atoms with van der Waals surface area (Å²) in [4.78, 5) is 35.4. The van der Waals surface area contributed by atoms with Gasteiger partial charge in [-0.2, -0.15) is 0 Å². The molecule has 0 aromatic rings. The molecule has 0 aliphatic carbocycles. The van der Waals surface area contributed by atoms with Crippen LogP contribution in [0.25, 0.3) is 0 Å². The summed E-state index contributed by atoms with van der Waals surface area (Å²) >= 11 is 0. The number of quaternary nitrogens is 1. The molecule has 1 N–H and O–H groups in total. The number of esters is 2. The van der Waals surface area contributed by atoms with Crippen LogP contribution in [-0.4, -0.2) is 87.1 Å². The Morgan fingerprint density at radius 1 is 0.607 bits per heavy atom. The summed E-state index contributed by atoms with van der Waals surface area (Å²) in [5, 5.41) is 0. The SMILES string of the molecule is CC/C=C\C/C=C\C/C=C\C/C=C\C/C=C\C/C=C\CCC(=O)OC[C@H](COP(=O)(O)OCC[N+](C)(C)C)OC(=O)CCC/C=C\C/C=C\CC1OC1C/C=C\CCCCC. The Bertz CT molecular complexity index is 1470. The maximum absolute atomic E-state index is 12.7. The zero-order chi connectivity index (χ0) is 44.7. The minimum atomic E-state index is -4.42. The Morgan fingerprint density at radius 2 is 1.10 bits per heavy atom. The molecular weight excluding hydrogens is 790 g/mol. The second-order valence-corrected chi connectivity index (χ2v) is 17.5. The number of carbonyl (C=O) groups excluding carboxylic acids is 2. The highest BCUT2D eigenvalue weighted by atomic mass is 31.2. The Balaban J connectivity index is 2.38. The van der Waals surface area contributed by atoms with Gasteiger partial charge >= 0.3 is 19.8 Å². The second kappa shape index (κ2) is 37.2. The lowest BCUT2D eigenvalue weighted by molar-refractivity contribution is -0.870. The molecule has 344 valence electrons. The predicted molar refractivity (Wildman–Crippen MR) is 251 cm³/mol. The number of allylic oxidation sites excluding steroid dienone is 16. The fourth-order valence-corrected chi connectivity index (χ4v) is 6.28. The third kappa shape index (κ3) is 38.1. The van der Waals surface area contributed by atoms with Crippen molar-refractivity contribution in [1.29, 1.82) is 0 Å². The lowest BCUT2D eigenvalue weighted by atomic mass is 10.1. The van der Waals surface area contributed by atoms with E-state index in [0.717, 1.165) is 64.2 Å². The number of unbranched alkanes of at least 4 members (excludes halogenated alkanes) is 4. The highest BCUT2D eigenvalue weighted by Gasteiger charge is 2.36. The van der Waals surface area contributed by atoms with E-state index in [0.29, 0.717) is 42.5 Å². The minimum absolute atomic E-state index is 0.00114. The van der Waals surface area contributed by atoms with Crippen molar-refractivity contribution in [2.24, 2.45) is 0 Å². The summed E-state index contributed by atoms with van der Waals surface area (Å²) in [5.41, 5.74) is 0. The quantitative estimate of drug-likeness (QED) is 0.0161. The van der Waals surface area contributed by atoms with Crippen LogP contribution in [0.15, 0.2) is 109 Å². The fourth-order valence-electron chi connectivity index (χ4n) is 5.54. The van der Waals surface area contributed by atoms with Crippen molar-refractivity contribution < 1.29 is 46.8 Å². The molecule has 10 nitrogen and oxygen atoms in total. The molecule has 1 saturated heterocycles. The van der Waals surface area contributed by atoms with Crippen molar-refractivity contribution in [3.8, 4) is 0 Å². The van der Waals surface area contributed by atoms with E-state index < -0.39 is 32.5 Å². The number of rotatable bonds is 38. The standard InChI is InChI=1S/C50H80NO9P/c1-6-8-10-12-14-15-16-17-18-19-20-21-22-23-24-25-28-32-36-40-49(52)56-44-46(45-58-61(54,55)57-43-42-51(3,4)5)59-50(53)41-37-33-29-26-27-31-35-39-48-47(60-48)38-34-30-13-11-9-7-2/h8,10,14-15,17-18,20-21,23-24,26,28-32,34-35,46-48H,6-7,9,11-13,16,19,22,25,27,33,36-45H2,1-5H3/p+1/b10-8-,15-14-,18-17-,21-20-,24-23-,29-26-,32-28-,34-30-,35-31-/t46-,47?,48?/m1/s1. The predicted octanol–water partition coefficient (Wildman–Crippen LogP) is 12.1. The molecule has 0 spiro atoms. The van der Waals surface area contributed by atoms with Gasteiger partial charge in [-0.3, -0.25) is 18.6 Å². The van der Waals surface area contributed by atoms with Gasteiger partial charge < -0.3 is 23.6 Å². The van der Waals surface area contributed by atoms with E-state index in [4.69, 9.17) is 23.3 Å². The molecule has 0 bridgehead atoms. The highest BCUT2D eigenvalue weighted by molar-refractivity contribution is 7.47. The first-order chi connectivity index (χ1) is 29.5. The minimum Gasteiger partial charge on any atom is -0.462 e. The average molecular weight is 871 g/mol. The number of hydrogen-bond donors (Lipinski definition) is 1. The molecule has 11 heteroatoms. The van der Waals surface area contributed by atoms with Gasteiger partial charge in [0.05, 0.1) is 40.0 Å². The number of hydrogen-bond acceptors (Lipinski definition) is 8. The Morgan fingerprint density at radius 3 is 1.66 bits per heavy atom. The van der Waals surface area contributed by atoms with Crippen molar-refractivity contribution in [3.05, 3.63) is 109 Å². The maximum atomic E-state index is 12.7. The first-order valence-electron chi connectivity index (χ1n) is 22.7. The zero-order valence-corrected chi connectivity index (χ0v) is 39.2. The van der Waals surface area contributed by atoms with E-state index in [1.807, 2.05) is 39.4 Å². The molecule has 0 aromatic heterocycles. The van der Waals surface area contributed by atoms with Crippen molar-refractivity contribution in [3.63, 3.8) is 0 Å². The number of ether oxygens (including phenoxy) is 3. The van der Waals surface area contributed by atoms with Gasteiger partial charge in [-0.05, 0) is 89.9 Å². The summed E-state index contributed by atoms with van der Waals surface area (Å²) < 4.78 is 39.9. The van der Waals surface area contributed by atoms with Crippen molar-refractivity contribution in [2.45, 2.75) is 148 Å². The Labute approximate surface area is 370 Å². The van der Waals surface area contributed by atoms with Crippen LogP contribution in [0.5, 0.6) is 0 Å². The molecule has 4 atom stereocenters. The van der Waals surface area contributed by atoms with Crippen LogP contribution in [0.2, 0.25) is 0 Å². The molecule has 61 heavy (non-hydrogen) atoms. The molecule has 1 aliphatic heterocycles. The van der Waals surface area contributed by atoms with E-state index >= 15 is 0 Å². The second-order valence-electron chi connectivity index (χ2n) is 16.1. The van der Waals surface area contributed by atoms with Crippen molar-refractivity contribution >= 4 is 19.8 Å². The van der Waals surface area contributed by atoms with Crippen LogP contribution in [0, 0.1) is 0 Å². The average Bonchev–Trinajstić information content (AvgIpc) is 3.97. The van der Waals surface area contributed by atoms with Gasteiger partial charge in [0.15, 0.2) is 6.10 Å². The van der Waals surface area contributed by atoms with Crippen LogP contribution < -0.4 is 0 Å². The number of epoxide rings is 1. The zero-order valence-electron chi connectivity index (χ0n) is 38.3. The molecule has 0 radical (unpaired) electrons. The third-order valence-electron chi connectivity index (χ3n) is 9.20. The van der Waals surface area contributed by atoms with Gasteiger partial charge in [-0.25, -0.2) is 4.57 Å². The summed E-state index contributed by atoms with van der Waals surface area (Å²) in [5.74, 6) is -0.981. The Kier molecular flexibility index (Phi) is 33.9. The summed E-state index contributed by atoms with van der Waals surface area (Å²) in [7, 11) is 1.37. The molecule has 1 rings (SSSR count). The first-order valence-corrected chi connectivity index (χ1v) is 24.2. The molecular formula is C50H81NO9P+. The molecule has 0 saturated carbocycles. The molecule has 1 aliphatic rings. The molecule has 1 heterocycles. The lowest BCUT2D eigenvalue weighted by Gasteiger charge is -2.24. The lowest BCUT2D eigenvalue weighted by Crippen LogP contribution is -2.37.